The highest BCUT2D eigenvalue weighted by molar-refractivity contribution is 7.89. The van der Waals surface area contributed by atoms with Gasteiger partial charge in [0.25, 0.3) is 0 Å². The molecule has 2 atom stereocenters. The van der Waals surface area contributed by atoms with Gasteiger partial charge in [0.2, 0.25) is 10.0 Å². The van der Waals surface area contributed by atoms with E-state index in [1.54, 1.807) is 18.3 Å². The van der Waals surface area contributed by atoms with E-state index in [1.807, 2.05) is 12.1 Å². The van der Waals surface area contributed by atoms with Crippen LogP contribution in [0.3, 0.4) is 0 Å². The summed E-state index contributed by atoms with van der Waals surface area (Å²) in [4.78, 5) is 15.5. The molecule has 0 radical (unpaired) electrons. The number of aromatic nitrogens is 1. The van der Waals surface area contributed by atoms with Crippen LogP contribution in [0.4, 0.5) is 4.39 Å². The van der Waals surface area contributed by atoms with Crippen LogP contribution >= 0.6 is 11.6 Å². The number of nitrogens with zero attached hydrogens (tertiary/aromatic N) is 1. The Morgan fingerprint density at radius 2 is 1.85 bits per heavy atom. The number of hydrogen-bond acceptors (Lipinski definition) is 3. The van der Waals surface area contributed by atoms with E-state index in [0.717, 1.165) is 18.5 Å². The summed E-state index contributed by atoms with van der Waals surface area (Å²) in [5, 5.41) is 0.422. The number of rotatable bonds is 7. The monoisotopic (exact) mass is 488 g/mol. The number of H-pyrrole nitrogens is 1. The predicted molar refractivity (Wildman–Crippen MR) is 127 cm³/mol. The molecule has 4 rings (SSSR count). The fourth-order valence-corrected chi connectivity index (χ4v) is 6.37. The SMILES string of the molecule is CC(=O)[C@@H]1CCCC[C@H]1N(Cc1ccc(-c2ccc[nH]2)cc1F)S(=O)(=O)c1ccc(Cl)cc1. The van der Waals surface area contributed by atoms with Crippen molar-refractivity contribution in [1.29, 1.82) is 0 Å². The number of hydrogen-bond donors (Lipinski definition) is 1. The van der Waals surface area contributed by atoms with Crippen LogP contribution in [0.25, 0.3) is 11.3 Å². The highest BCUT2D eigenvalue weighted by atomic mass is 35.5. The van der Waals surface area contributed by atoms with Crippen molar-refractivity contribution < 1.29 is 17.6 Å². The first kappa shape index (κ1) is 23.7. The molecule has 0 saturated heterocycles. The molecule has 1 aliphatic carbocycles. The van der Waals surface area contributed by atoms with Crippen LogP contribution in [-0.4, -0.2) is 29.5 Å². The fraction of sp³-hybridized carbons (Fsp3) is 0.320. The van der Waals surface area contributed by atoms with Crippen LogP contribution < -0.4 is 0 Å². The summed E-state index contributed by atoms with van der Waals surface area (Å²) in [6.45, 7) is 1.35. The highest BCUT2D eigenvalue weighted by Crippen LogP contribution is 2.35. The minimum absolute atomic E-state index is 0.0430. The van der Waals surface area contributed by atoms with Gasteiger partial charge < -0.3 is 4.98 Å². The minimum Gasteiger partial charge on any atom is -0.361 e. The van der Waals surface area contributed by atoms with Gasteiger partial charge in [-0.15, -0.1) is 0 Å². The van der Waals surface area contributed by atoms with Gasteiger partial charge in [0.05, 0.1) is 4.90 Å². The first-order chi connectivity index (χ1) is 15.8. The fourth-order valence-electron chi connectivity index (χ4n) is 4.57. The number of Topliss-reactive ketones (excluding diaryl/α,β-unsaturated/α-hetero) is 1. The van der Waals surface area contributed by atoms with Crippen LogP contribution in [0, 0.1) is 11.7 Å². The van der Waals surface area contributed by atoms with Gasteiger partial charge in [0.1, 0.15) is 11.6 Å². The minimum atomic E-state index is -4.00. The van der Waals surface area contributed by atoms with Gasteiger partial charge in [-0.05, 0) is 62.2 Å². The van der Waals surface area contributed by atoms with E-state index in [0.29, 0.717) is 23.4 Å². The lowest BCUT2D eigenvalue weighted by molar-refractivity contribution is -0.123. The molecule has 1 fully saturated rings. The Morgan fingerprint density at radius 1 is 1.12 bits per heavy atom. The summed E-state index contributed by atoms with van der Waals surface area (Å²) in [5.74, 6) is -0.950. The van der Waals surface area contributed by atoms with E-state index in [-0.39, 0.29) is 22.8 Å². The van der Waals surface area contributed by atoms with Crippen LogP contribution in [0.5, 0.6) is 0 Å². The molecule has 0 unspecified atom stereocenters. The van der Waals surface area contributed by atoms with Crippen molar-refractivity contribution in [3.63, 3.8) is 0 Å². The Morgan fingerprint density at radius 3 is 2.48 bits per heavy atom. The highest BCUT2D eigenvalue weighted by Gasteiger charge is 2.39. The van der Waals surface area contributed by atoms with E-state index in [2.05, 4.69) is 4.98 Å². The Kier molecular flexibility index (Phi) is 7.02. The van der Waals surface area contributed by atoms with E-state index in [1.165, 1.54) is 41.6 Å². The lowest BCUT2D eigenvalue weighted by Gasteiger charge is -2.38. The number of ketones is 1. The molecule has 1 N–H and O–H groups in total. The Balaban J connectivity index is 1.74. The topological polar surface area (TPSA) is 70.2 Å². The average molecular weight is 489 g/mol. The first-order valence-electron chi connectivity index (χ1n) is 11.0. The number of aromatic amines is 1. The Labute approximate surface area is 198 Å². The molecule has 1 saturated carbocycles. The summed E-state index contributed by atoms with van der Waals surface area (Å²) in [6, 6.07) is 13.8. The van der Waals surface area contributed by atoms with Gasteiger partial charge in [0, 0.05) is 46.5 Å². The maximum atomic E-state index is 15.1. The number of nitrogens with one attached hydrogen (secondary N) is 1. The molecule has 5 nitrogen and oxygen atoms in total. The third-order valence-electron chi connectivity index (χ3n) is 6.33. The van der Waals surface area contributed by atoms with E-state index in [4.69, 9.17) is 11.6 Å². The molecule has 0 bridgehead atoms. The number of benzene rings is 2. The largest absolute Gasteiger partial charge is 0.361 e. The van der Waals surface area contributed by atoms with Gasteiger partial charge in [0.15, 0.2) is 0 Å². The molecular formula is C25H26ClFN2O3S. The number of halogens is 2. The van der Waals surface area contributed by atoms with Crippen LogP contribution in [0.15, 0.2) is 65.7 Å². The van der Waals surface area contributed by atoms with Crippen LogP contribution in [0.2, 0.25) is 5.02 Å². The van der Waals surface area contributed by atoms with Crippen molar-refractivity contribution in [2.75, 3.05) is 0 Å². The molecule has 0 spiro atoms. The van der Waals surface area contributed by atoms with Crippen molar-refractivity contribution in [3.05, 3.63) is 77.2 Å². The summed E-state index contributed by atoms with van der Waals surface area (Å²) in [5.41, 5.74) is 1.71. The maximum Gasteiger partial charge on any atom is 0.243 e. The molecular weight excluding hydrogens is 463 g/mol. The van der Waals surface area contributed by atoms with Crippen LogP contribution in [-0.2, 0) is 21.4 Å². The number of carbonyl (C=O) groups excluding carboxylic acids is 1. The van der Waals surface area contributed by atoms with E-state index >= 15 is 4.39 Å². The van der Waals surface area contributed by atoms with E-state index < -0.39 is 27.8 Å². The quantitative estimate of drug-likeness (QED) is 0.456. The molecule has 0 aliphatic heterocycles. The van der Waals surface area contributed by atoms with E-state index in [9.17, 15) is 13.2 Å². The molecule has 1 heterocycles. The zero-order valence-corrected chi connectivity index (χ0v) is 19.9. The Bertz CT molecular complexity index is 1230. The zero-order valence-electron chi connectivity index (χ0n) is 18.3. The summed E-state index contributed by atoms with van der Waals surface area (Å²) < 4.78 is 43.9. The van der Waals surface area contributed by atoms with Crippen molar-refractivity contribution in [2.45, 2.75) is 50.1 Å². The molecule has 2 aromatic carbocycles. The maximum absolute atomic E-state index is 15.1. The van der Waals surface area contributed by atoms with Gasteiger partial charge >= 0.3 is 0 Å². The number of carbonyl (C=O) groups is 1. The second kappa shape index (κ2) is 9.79. The number of sulfonamides is 1. The normalized spacial score (nSPS) is 19.0. The second-order valence-corrected chi connectivity index (χ2v) is 10.8. The molecule has 8 heteroatoms. The second-order valence-electron chi connectivity index (χ2n) is 8.46. The Hall–Kier alpha value is -2.48. The molecule has 0 amide bonds. The smallest absolute Gasteiger partial charge is 0.243 e. The molecule has 1 aromatic heterocycles. The molecule has 3 aromatic rings. The zero-order chi connectivity index (χ0) is 23.6. The summed E-state index contributed by atoms with van der Waals surface area (Å²) >= 11 is 5.96. The third kappa shape index (κ3) is 5.05. The van der Waals surface area contributed by atoms with Gasteiger partial charge in [-0.3, -0.25) is 4.79 Å². The molecule has 1 aliphatic rings. The van der Waals surface area contributed by atoms with Gasteiger partial charge in [-0.1, -0.05) is 36.6 Å². The van der Waals surface area contributed by atoms with Crippen molar-refractivity contribution in [1.82, 2.24) is 9.29 Å². The third-order valence-corrected chi connectivity index (χ3v) is 8.47. The van der Waals surface area contributed by atoms with Crippen molar-refractivity contribution in [3.8, 4) is 11.3 Å². The lowest BCUT2D eigenvalue weighted by Crippen LogP contribution is -2.47. The summed E-state index contributed by atoms with van der Waals surface area (Å²) in [7, 11) is -4.00. The standard InChI is InChI=1S/C25H26ClFN2O3S/c1-17(30)22-5-2-3-7-25(22)29(33(31,32)21-12-10-20(26)11-13-21)16-19-9-8-18(15-23(19)27)24-6-4-14-28-24/h4,6,8-15,22,25,28H,2-3,5,7,16H2,1H3/t22-,25+/m0/s1. The summed E-state index contributed by atoms with van der Waals surface area (Å²) in [6.07, 6.45) is 4.62. The van der Waals surface area contributed by atoms with Gasteiger partial charge in [-0.25, -0.2) is 12.8 Å². The molecule has 174 valence electrons. The van der Waals surface area contributed by atoms with Crippen molar-refractivity contribution in [2.24, 2.45) is 5.92 Å². The van der Waals surface area contributed by atoms with Crippen LogP contribution in [0.1, 0.15) is 38.2 Å². The predicted octanol–water partition coefficient (Wildman–Crippen LogP) is 5.81. The van der Waals surface area contributed by atoms with Crippen molar-refractivity contribution >= 4 is 27.4 Å². The average Bonchev–Trinajstić information content (AvgIpc) is 3.33. The van der Waals surface area contributed by atoms with Gasteiger partial charge in [-0.2, -0.15) is 4.31 Å². The first-order valence-corrected chi connectivity index (χ1v) is 12.8. The molecule has 33 heavy (non-hydrogen) atoms. The lowest BCUT2D eigenvalue weighted by atomic mass is 9.82.